The molecule has 13 aromatic rings. The number of carbonyl (C=O) groups excluding carboxylic acids is 4. The molecule has 550 valence electrons. The van der Waals surface area contributed by atoms with Crippen LogP contribution in [-0.2, 0) is 62.8 Å². The molecule has 0 saturated carbocycles. The van der Waals surface area contributed by atoms with Crippen LogP contribution in [-0.4, -0.2) is 38.9 Å². The Morgan fingerprint density at radius 1 is 0.355 bits per heavy atom. The van der Waals surface area contributed by atoms with Gasteiger partial charge in [-0.25, -0.2) is 4.79 Å². The van der Waals surface area contributed by atoms with E-state index >= 15 is 0 Å². The van der Waals surface area contributed by atoms with Crippen LogP contribution in [0.15, 0.2) is 441 Å². The number of rotatable bonds is 24. The second-order valence-electron chi connectivity index (χ2n) is 24.3. The molecule has 0 fully saturated rings. The first-order chi connectivity index (χ1) is 53.7. The number of carbonyl (C=O) groups is 4. The maximum atomic E-state index is 12.5. The van der Waals surface area contributed by atoms with Gasteiger partial charge in [-0.2, -0.15) is 0 Å². The lowest BCUT2D eigenvalue weighted by molar-refractivity contribution is -0.143. The molecule has 0 saturated heterocycles. The smallest absolute Gasteiger partial charge is 0.337 e. The van der Waals surface area contributed by atoms with Crippen LogP contribution in [0.1, 0.15) is 30.7 Å². The molecule has 4 unspecified atom stereocenters. The van der Waals surface area contributed by atoms with Crippen LogP contribution in [0.25, 0.3) is 0 Å². The molecular formula is C94H78Br4O8S4+4. The molecule has 0 radical (unpaired) electrons. The average Bonchev–Trinajstić information content (AvgIpc) is 0.826. The van der Waals surface area contributed by atoms with Gasteiger partial charge in [0.2, 0.25) is 0 Å². The monoisotopic (exact) mass is 1780 g/mol. The zero-order chi connectivity index (χ0) is 77.5. The first-order valence-electron chi connectivity index (χ1n) is 34.9. The number of halogens is 4. The van der Waals surface area contributed by atoms with Crippen molar-refractivity contribution >= 4 is 131 Å². The zero-order valence-electron chi connectivity index (χ0n) is 60.1. The van der Waals surface area contributed by atoms with E-state index in [1.54, 1.807) is 12.1 Å². The summed E-state index contributed by atoms with van der Waals surface area (Å²) in [5.41, 5.74) is 0.352. The summed E-state index contributed by atoms with van der Waals surface area (Å²) >= 11 is 13.2. The third-order valence-corrected chi connectivity index (χ3v) is 29.0. The minimum atomic E-state index is -0.745. The highest BCUT2D eigenvalue weighted by Gasteiger charge is 2.35. The van der Waals surface area contributed by atoms with Crippen LogP contribution in [0.5, 0.6) is 23.0 Å². The molecule has 0 aliphatic rings. The molecule has 8 nitrogen and oxygen atoms in total. The number of terminal acetylenes is 1. The second-order valence-corrected chi connectivity index (χ2v) is 35.7. The third-order valence-electron chi connectivity index (χ3n) is 16.6. The molecule has 0 aliphatic heterocycles. The Hall–Kier alpha value is -9.64. The lowest BCUT2D eigenvalue weighted by atomic mass is 9.90. The first kappa shape index (κ1) is 82.8. The fourth-order valence-electron chi connectivity index (χ4n) is 10.6. The molecule has 0 bridgehead atoms. The highest BCUT2D eigenvalue weighted by molar-refractivity contribution is 9.10. The van der Waals surface area contributed by atoms with Crippen molar-refractivity contribution in [3.63, 3.8) is 0 Å². The lowest BCUT2D eigenvalue weighted by Gasteiger charge is -2.22. The molecule has 0 N–H and O–H groups in total. The number of ether oxygens (including phenoxy) is 4. The highest BCUT2D eigenvalue weighted by Crippen LogP contribution is 2.38. The van der Waals surface area contributed by atoms with Crippen molar-refractivity contribution in [3.05, 3.63) is 388 Å². The number of benzene rings is 13. The minimum absolute atomic E-state index is 0.204. The fourth-order valence-corrected chi connectivity index (χ4v) is 20.2. The summed E-state index contributed by atoms with van der Waals surface area (Å²) in [7, 11) is -0.868. The molecule has 13 rings (SSSR count). The van der Waals surface area contributed by atoms with Gasteiger partial charge < -0.3 is 18.9 Å². The van der Waals surface area contributed by atoms with Crippen molar-refractivity contribution in [1.29, 1.82) is 0 Å². The molecule has 110 heavy (non-hydrogen) atoms. The van der Waals surface area contributed by atoms with Gasteiger partial charge in [0.05, 0.1) is 49.0 Å². The van der Waals surface area contributed by atoms with Crippen LogP contribution >= 0.6 is 63.7 Å². The summed E-state index contributed by atoms with van der Waals surface area (Å²) in [6.07, 6.45) is 7.44. The Morgan fingerprint density at radius 3 is 0.800 bits per heavy atom. The average molecular weight is 1780 g/mol. The largest absolute Gasteiger partial charge is 0.426 e. The van der Waals surface area contributed by atoms with Crippen molar-refractivity contribution in [2.24, 2.45) is 5.41 Å². The van der Waals surface area contributed by atoms with Crippen LogP contribution in [0, 0.1) is 17.8 Å². The maximum absolute atomic E-state index is 12.5. The molecule has 4 atom stereocenters. The number of hydrogen-bond donors (Lipinski definition) is 0. The molecule has 13 aromatic carbocycles. The predicted molar refractivity (Wildman–Crippen MR) is 463 cm³/mol. The summed E-state index contributed by atoms with van der Waals surface area (Å²) in [5.74, 6) is 3.01. The quantitative estimate of drug-likeness (QED) is 0.0147. The molecular weight excluding hydrogens is 1700 g/mol. The van der Waals surface area contributed by atoms with Gasteiger partial charge in [0.15, 0.2) is 63.6 Å². The van der Waals surface area contributed by atoms with Gasteiger partial charge in [0, 0.05) is 5.33 Å². The van der Waals surface area contributed by atoms with E-state index < -0.39 is 25.9 Å². The molecule has 0 spiro atoms. The lowest BCUT2D eigenvalue weighted by Crippen LogP contribution is -2.32. The van der Waals surface area contributed by atoms with Gasteiger partial charge in [-0.15, -0.1) is 13.0 Å². The summed E-state index contributed by atoms with van der Waals surface area (Å²) in [6.45, 7) is 7.50. The Balaban J connectivity index is 0.000000156. The molecule has 16 heteroatoms. The van der Waals surface area contributed by atoms with Crippen molar-refractivity contribution in [1.82, 2.24) is 0 Å². The van der Waals surface area contributed by atoms with Crippen LogP contribution < -0.4 is 18.9 Å². The van der Waals surface area contributed by atoms with E-state index in [2.05, 4.69) is 258 Å². The van der Waals surface area contributed by atoms with Gasteiger partial charge in [-0.3, -0.25) is 14.4 Å². The summed E-state index contributed by atoms with van der Waals surface area (Å²) in [6, 6.07) is 124. The maximum Gasteiger partial charge on any atom is 0.337 e. The van der Waals surface area contributed by atoms with Crippen molar-refractivity contribution < 1.29 is 38.1 Å². The molecule has 0 amide bonds. The number of alkyl halides is 4. The number of esters is 4. The summed E-state index contributed by atoms with van der Waals surface area (Å²) < 4.78 is 21.9. The third kappa shape index (κ3) is 23.7. The fraction of sp³-hybridized carbons (Fsp3) is 0.0851. The van der Waals surface area contributed by atoms with E-state index in [0.29, 0.717) is 28.3 Å². The minimum Gasteiger partial charge on any atom is -0.426 e. The molecule has 0 aliphatic carbocycles. The zero-order valence-corrected chi connectivity index (χ0v) is 69.7. The molecule has 0 aromatic heterocycles. The van der Waals surface area contributed by atoms with Crippen molar-refractivity contribution in [2.45, 2.75) is 93.5 Å². The van der Waals surface area contributed by atoms with Gasteiger partial charge in [-0.05, 0) is 213 Å². The Bertz CT molecular complexity index is 4870. The van der Waals surface area contributed by atoms with E-state index in [-0.39, 0.29) is 61.5 Å². The predicted octanol–water partition coefficient (Wildman–Crippen LogP) is 24.0. The van der Waals surface area contributed by atoms with E-state index in [1.165, 1.54) is 59.9 Å². The standard InChI is InChI=1S/C26H20BrO2S.C24H24BrO2S.C22H18BrO2S.C22H16BrO2S/c27-25(20-10-4-1-5-11-20)26(28)29-21-16-18-24(19-17-21)30(22-12-6-2-7-13-22)23-14-8-3-9-15-23;1-3-24(2,18-25)23(26)27-19-14-16-22(17-15-19)28(20-10-6-4-7-11-20)21-12-8-5-9-13-21;2*1-2-21(23)22(24)25-17-13-15-20(16-14-17)26(18-9-5-3-6-10-18)19-11-7-4-8-12-19/h1-19,25H;4-17H,3,18H2,1-2H3;2-16,21H,1H2;1,3-16,21H/q4*+1. The number of hydrogen-bond acceptors (Lipinski definition) is 8. The van der Waals surface area contributed by atoms with Crippen LogP contribution in [0.4, 0.5) is 0 Å². The van der Waals surface area contributed by atoms with Gasteiger partial charge in [0.25, 0.3) is 0 Å². The van der Waals surface area contributed by atoms with Crippen molar-refractivity contribution in [3.8, 4) is 35.3 Å². The second kappa shape index (κ2) is 43.1. The van der Waals surface area contributed by atoms with E-state index in [9.17, 15) is 19.2 Å². The van der Waals surface area contributed by atoms with Gasteiger partial charge >= 0.3 is 23.9 Å². The summed E-state index contributed by atoms with van der Waals surface area (Å²) in [4.78, 5) is 61.6. The van der Waals surface area contributed by atoms with Crippen LogP contribution in [0.2, 0.25) is 0 Å². The topological polar surface area (TPSA) is 105 Å². The van der Waals surface area contributed by atoms with E-state index in [1.807, 2.05) is 190 Å². The summed E-state index contributed by atoms with van der Waals surface area (Å²) in [5, 5.41) is 0.582. The van der Waals surface area contributed by atoms with Gasteiger partial charge in [-0.1, -0.05) is 259 Å². The van der Waals surface area contributed by atoms with E-state index in [0.717, 1.165) is 16.9 Å². The van der Waals surface area contributed by atoms with E-state index in [4.69, 9.17) is 25.4 Å². The molecule has 0 heterocycles. The van der Waals surface area contributed by atoms with Crippen LogP contribution in [0.3, 0.4) is 0 Å². The Labute approximate surface area is 690 Å². The normalized spacial score (nSPS) is 12.1. The first-order valence-corrected chi connectivity index (χ1v) is 43.7. The Morgan fingerprint density at radius 2 is 0.573 bits per heavy atom. The Kier molecular flexibility index (Phi) is 32.5. The van der Waals surface area contributed by atoms with Crippen molar-refractivity contribution in [2.75, 3.05) is 5.33 Å². The highest BCUT2D eigenvalue weighted by atomic mass is 79.9. The van der Waals surface area contributed by atoms with Gasteiger partial charge in [0.1, 0.15) is 32.7 Å². The SMILES string of the molecule is C#CC(Br)C(=O)Oc1ccc([S+](c2ccccc2)c2ccccc2)cc1.C=CC(Br)C(=O)Oc1ccc([S+](c2ccccc2)c2ccccc2)cc1.CCC(C)(CBr)C(=O)Oc1ccc([S+](c2ccccc2)c2ccccc2)cc1.O=C(Oc1ccc([S+](c2ccccc2)c2ccccc2)cc1)C(Br)c1ccccc1.